The molecule has 3 aromatic carbocycles. The molecule has 16 nitrogen and oxygen atoms in total. The number of nitrogens with zero attached hydrogens (tertiary/aromatic N) is 9. The smallest absolute Gasteiger partial charge is 0.205 e. The number of rotatable bonds is 14. The number of nitriles is 2. The second-order valence-electron chi connectivity index (χ2n) is 15.4. The van der Waals surface area contributed by atoms with E-state index in [-0.39, 0.29) is 6.61 Å². The minimum atomic E-state index is 0.0269. The molecular formula is C58H54BrN11O5. The molecule has 0 spiro atoms. The third-order valence-corrected chi connectivity index (χ3v) is 10.6. The number of aromatic nitrogens is 6. The van der Waals surface area contributed by atoms with Gasteiger partial charge in [-0.3, -0.25) is 28.9 Å². The standard InChI is InChI=1S/C22H19N5O.C14H13NO2.C8H8O2.C6H6BrN.C6H5N3.C2H3N/c1-24-22-21(26-20-11-17(12-23)8-10-27(20)22)19-6-4-16(5-7-19)14-28-15-18-3-2-9-25-13-18;16-9-12-3-5-13(6-4-12)10-17-11-14-2-1-7-15-8-14;9-5-7-1-2-8(6-10)4-3-7;7-4-6-2-1-3-8-5-6;7-4-5-1-2-9-6(8)3-5;1-3-2/h2-11,13,24H,14-15H2,1H3;1-9H,10-11H2;1-5,10H,6H2;1-3,5H,4H2;1-3H,(H2,8,9);1H3. The van der Waals surface area contributed by atoms with Crippen LogP contribution < -0.4 is 11.1 Å². The lowest BCUT2D eigenvalue weighted by Crippen LogP contribution is -1.96. The number of nitrogens with two attached hydrogens (primary N) is 1. The molecule has 0 amide bonds. The molecule has 0 bridgehead atoms. The average Bonchev–Trinajstić information content (AvgIpc) is 3.85. The Bertz CT molecular complexity index is 3200. The minimum Gasteiger partial charge on any atom is -0.392 e. The van der Waals surface area contributed by atoms with E-state index in [1.54, 1.807) is 79.4 Å². The predicted molar refractivity (Wildman–Crippen MR) is 293 cm³/mol. The highest BCUT2D eigenvalue weighted by atomic mass is 79.9. The fourth-order valence-electron chi connectivity index (χ4n) is 6.24. The van der Waals surface area contributed by atoms with Crippen molar-refractivity contribution in [2.45, 2.75) is 38.4 Å². The molecule has 0 radical (unpaired) electrons. The Hall–Kier alpha value is -9.28. The average molecular weight is 1070 g/mol. The van der Waals surface area contributed by atoms with E-state index in [1.165, 1.54) is 24.9 Å². The summed E-state index contributed by atoms with van der Waals surface area (Å²) in [5.41, 5.74) is 16.6. The fraction of sp³-hybridized carbons (Fsp3) is 0.138. The second-order valence-corrected chi connectivity index (χ2v) is 16.0. The first kappa shape index (κ1) is 58.3. The van der Waals surface area contributed by atoms with Crippen molar-refractivity contribution in [1.82, 2.24) is 29.3 Å². The summed E-state index contributed by atoms with van der Waals surface area (Å²) in [6.07, 6.45) is 15.7. The second kappa shape index (κ2) is 34.2. The maximum Gasteiger partial charge on any atom is 0.205 e. The zero-order chi connectivity index (χ0) is 53.9. The molecule has 0 unspecified atom stereocenters. The number of pyridine rings is 5. The monoisotopic (exact) mass is 1060 g/mol. The van der Waals surface area contributed by atoms with Gasteiger partial charge >= 0.3 is 0 Å². The molecule has 0 aliphatic carbocycles. The summed E-state index contributed by atoms with van der Waals surface area (Å²) in [6, 6.07) is 44.9. The molecule has 9 rings (SSSR count). The van der Waals surface area contributed by atoms with Crippen LogP contribution in [0.25, 0.3) is 21.7 Å². The maximum absolute atomic E-state index is 10.5. The van der Waals surface area contributed by atoms with E-state index in [0.717, 1.165) is 68.4 Å². The number of benzene rings is 3. The number of aliphatic hydroxyl groups is 1. The van der Waals surface area contributed by atoms with Crippen molar-refractivity contribution in [2.24, 2.45) is 0 Å². The fourth-order valence-corrected chi connectivity index (χ4v) is 6.57. The number of alkyl halides is 1. The van der Waals surface area contributed by atoms with Crippen LogP contribution in [-0.2, 0) is 47.8 Å². The number of imidazole rings is 1. The van der Waals surface area contributed by atoms with E-state index in [9.17, 15) is 9.59 Å². The molecule has 0 atom stereocenters. The maximum atomic E-state index is 10.5. The summed E-state index contributed by atoms with van der Waals surface area (Å²) in [4.78, 5) is 43.8. The third-order valence-electron chi connectivity index (χ3n) is 9.94. The van der Waals surface area contributed by atoms with Gasteiger partial charge in [0, 0.05) is 78.6 Å². The summed E-state index contributed by atoms with van der Waals surface area (Å²) in [5.74, 6) is 1.27. The van der Waals surface area contributed by atoms with Crippen LogP contribution in [0.2, 0.25) is 0 Å². The number of nitrogen functional groups attached to an aromatic ring is 1. The van der Waals surface area contributed by atoms with Gasteiger partial charge in [-0.25, -0.2) is 16.5 Å². The lowest BCUT2D eigenvalue weighted by molar-refractivity contribution is 0.107. The first-order valence-electron chi connectivity index (χ1n) is 22.8. The molecule has 6 heterocycles. The molecule has 75 heavy (non-hydrogen) atoms. The van der Waals surface area contributed by atoms with E-state index >= 15 is 0 Å². The Kier molecular flexibility index (Phi) is 26.5. The van der Waals surface area contributed by atoms with Crippen molar-refractivity contribution in [3.63, 3.8) is 0 Å². The Morgan fingerprint density at radius 1 is 0.680 bits per heavy atom. The van der Waals surface area contributed by atoms with Gasteiger partial charge in [0.1, 0.15) is 35.5 Å². The van der Waals surface area contributed by atoms with Gasteiger partial charge in [0.05, 0.1) is 56.3 Å². The molecule has 0 aliphatic rings. The summed E-state index contributed by atoms with van der Waals surface area (Å²) < 4.78 is 13.3. The van der Waals surface area contributed by atoms with Crippen molar-refractivity contribution in [1.29, 1.82) is 10.5 Å². The molecule has 6 aromatic heterocycles. The Morgan fingerprint density at radius 3 is 1.55 bits per heavy atom. The van der Waals surface area contributed by atoms with Crippen molar-refractivity contribution in [3.8, 4) is 23.4 Å². The first-order valence-corrected chi connectivity index (χ1v) is 24.0. The van der Waals surface area contributed by atoms with Gasteiger partial charge in [-0.15, -0.1) is 0 Å². The number of hydrogen-bond donors (Lipinski definition) is 3. The topological polar surface area (TPSA) is 232 Å². The van der Waals surface area contributed by atoms with Gasteiger partial charge in [-0.05, 0) is 75.8 Å². The van der Waals surface area contributed by atoms with E-state index in [1.807, 2.05) is 109 Å². The van der Waals surface area contributed by atoms with Crippen molar-refractivity contribution in [3.05, 3.63) is 250 Å². The van der Waals surface area contributed by atoms with Gasteiger partial charge in [-0.2, -0.15) is 10.5 Å². The van der Waals surface area contributed by atoms with Gasteiger partial charge in [-0.1, -0.05) is 107 Å². The van der Waals surface area contributed by atoms with E-state index in [2.05, 4.69) is 52.1 Å². The molecule has 17 heteroatoms. The van der Waals surface area contributed by atoms with Crippen LogP contribution in [-0.4, -0.2) is 61.1 Å². The van der Waals surface area contributed by atoms with Crippen LogP contribution in [0.3, 0.4) is 0 Å². The SMILES string of the molecule is BrCc1cccnc1.CNc1c(-c2ccc(COCc3cccnc3)cc2)nc2cc(C#N)ccn12.N#Cc1ccnc(N)c1.O=Cc1ccc(CO)cc1.O=Cc1ccc(COCc2cccnc2)cc1.[C-]#[N+]C. The Balaban J connectivity index is 0.000000220. The number of anilines is 2. The largest absolute Gasteiger partial charge is 0.392 e. The summed E-state index contributed by atoms with van der Waals surface area (Å²) in [6.45, 7) is 8.01. The first-order chi connectivity index (χ1) is 36.7. The van der Waals surface area contributed by atoms with Crippen LogP contribution in [0, 0.1) is 29.2 Å². The number of hydrogen-bond acceptors (Lipinski definition) is 14. The predicted octanol–water partition coefficient (Wildman–Crippen LogP) is 10.7. The van der Waals surface area contributed by atoms with Crippen molar-refractivity contribution < 1.29 is 24.2 Å². The summed E-state index contributed by atoms with van der Waals surface area (Å²) in [7, 11) is 3.28. The molecular weight excluding hydrogens is 1010 g/mol. The van der Waals surface area contributed by atoms with Crippen LogP contribution >= 0.6 is 15.9 Å². The van der Waals surface area contributed by atoms with Crippen LogP contribution in [0.4, 0.5) is 11.6 Å². The lowest BCUT2D eigenvalue weighted by atomic mass is 10.1. The summed E-state index contributed by atoms with van der Waals surface area (Å²) >= 11 is 3.32. The molecule has 0 saturated heterocycles. The molecule has 0 fully saturated rings. The van der Waals surface area contributed by atoms with Gasteiger partial charge in [0.25, 0.3) is 0 Å². The molecule has 0 aliphatic heterocycles. The van der Waals surface area contributed by atoms with Crippen LogP contribution in [0.1, 0.15) is 65.2 Å². The number of ether oxygens (including phenoxy) is 2. The minimum absolute atomic E-state index is 0.0269. The quantitative estimate of drug-likeness (QED) is 0.0522. The Morgan fingerprint density at radius 2 is 1.15 bits per heavy atom. The molecule has 0 saturated carbocycles. The highest BCUT2D eigenvalue weighted by molar-refractivity contribution is 9.08. The lowest BCUT2D eigenvalue weighted by Gasteiger charge is -2.07. The number of halogens is 1. The molecule has 4 N–H and O–H groups in total. The Labute approximate surface area is 444 Å². The number of carbonyl (C=O) groups is 2. The van der Waals surface area contributed by atoms with E-state index in [0.29, 0.717) is 54.5 Å². The van der Waals surface area contributed by atoms with E-state index < -0.39 is 0 Å². The number of carbonyl (C=O) groups excluding carboxylic acids is 2. The highest BCUT2D eigenvalue weighted by Crippen LogP contribution is 2.29. The zero-order valence-corrected chi connectivity index (χ0v) is 42.9. The van der Waals surface area contributed by atoms with Crippen LogP contribution in [0.5, 0.6) is 0 Å². The third kappa shape index (κ3) is 21.1. The van der Waals surface area contributed by atoms with Crippen molar-refractivity contribution >= 4 is 45.8 Å². The normalized spacial score (nSPS) is 9.61. The summed E-state index contributed by atoms with van der Waals surface area (Å²) in [5, 5.41) is 30.1. The number of aldehydes is 2. The van der Waals surface area contributed by atoms with Gasteiger partial charge in [0.2, 0.25) is 7.05 Å². The number of fused-ring (bicyclic) bond motifs is 1. The molecule has 9 aromatic rings. The number of nitrogens with one attached hydrogen (secondary N) is 1. The highest BCUT2D eigenvalue weighted by Gasteiger charge is 2.13. The van der Waals surface area contributed by atoms with Crippen molar-refractivity contribution in [2.75, 3.05) is 25.1 Å². The molecule has 378 valence electrons. The van der Waals surface area contributed by atoms with E-state index in [4.69, 9.17) is 42.4 Å². The zero-order valence-electron chi connectivity index (χ0n) is 41.3. The number of aliphatic hydroxyl groups excluding tert-OH is 1. The van der Waals surface area contributed by atoms with Gasteiger partial charge < -0.3 is 30.5 Å². The van der Waals surface area contributed by atoms with Gasteiger partial charge in [0.15, 0.2) is 0 Å². The van der Waals surface area contributed by atoms with Crippen LogP contribution in [0.15, 0.2) is 183 Å².